The van der Waals surface area contributed by atoms with E-state index in [-0.39, 0.29) is 41.1 Å². The van der Waals surface area contributed by atoms with E-state index in [0.717, 1.165) is 0 Å². The van der Waals surface area contributed by atoms with Gasteiger partial charge in [-0.2, -0.15) is 12.1 Å². The molecule has 0 saturated heterocycles. The average Bonchev–Trinajstić information content (AvgIpc) is 4.03. The molecule has 2 nitrogen and oxygen atoms in total. The zero-order valence-electron chi connectivity index (χ0n) is 37.4. The van der Waals surface area contributed by atoms with Gasteiger partial charge in [0.2, 0.25) is 0 Å². The molecule has 2 heterocycles. The summed E-state index contributed by atoms with van der Waals surface area (Å²) in [7, 11) is -2.25. The fourth-order valence-corrected chi connectivity index (χ4v) is 15.3. The summed E-state index contributed by atoms with van der Waals surface area (Å²) in [5.74, 6) is 0. The minimum Gasteiger partial charge on any atom is -0.358 e. The van der Waals surface area contributed by atoms with Gasteiger partial charge in [-0.25, -0.2) is 0 Å². The fourth-order valence-electron chi connectivity index (χ4n) is 11.2. The number of hydrogen-bond donors (Lipinski definition) is 0. The van der Waals surface area contributed by atoms with Gasteiger partial charge < -0.3 is 24.0 Å². The molecule has 10 aromatic carbocycles. The van der Waals surface area contributed by atoms with Gasteiger partial charge in [0.25, 0.3) is 0 Å². The van der Waals surface area contributed by atoms with E-state index >= 15 is 0 Å². The molecule has 12 aromatic rings. The molecule has 0 aliphatic rings. The van der Waals surface area contributed by atoms with Crippen molar-refractivity contribution in [3.63, 3.8) is 0 Å². The van der Waals surface area contributed by atoms with E-state index in [0.29, 0.717) is 0 Å². The van der Waals surface area contributed by atoms with E-state index in [2.05, 4.69) is 230 Å². The summed E-state index contributed by atoms with van der Waals surface area (Å²) in [4.78, 5) is 0. The minimum atomic E-state index is -2.25. The van der Waals surface area contributed by atoms with Crippen molar-refractivity contribution in [1.29, 1.82) is 0 Å². The van der Waals surface area contributed by atoms with Crippen LogP contribution in [0.3, 0.4) is 0 Å². The molecule has 0 N–H and O–H groups in total. The Balaban J connectivity index is 0.00000173. The third-order valence-electron chi connectivity index (χ3n) is 13.5. The van der Waals surface area contributed by atoms with Crippen LogP contribution in [0.15, 0.2) is 194 Å². The van der Waals surface area contributed by atoms with E-state index in [9.17, 15) is 0 Å². The summed E-state index contributed by atoms with van der Waals surface area (Å²) in [6.07, 6.45) is 0. The van der Waals surface area contributed by atoms with Crippen molar-refractivity contribution in [1.82, 2.24) is 9.13 Å². The summed E-state index contributed by atoms with van der Waals surface area (Å²) in [6, 6.07) is 72.1. The van der Waals surface area contributed by atoms with E-state index < -0.39 is 8.07 Å². The van der Waals surface area contributed by atoms with Crippen molar-refractivity contribution in [2.45, 2.75) is 26.9 Å². The van der Waals surface area contributed by atoms with Gasteiger partial charge in [-0.05, 0) is 71.8 Å². The number of hydrogen-bond acceptors (Lipinski definition) is 0. The molecular formula is C60H50N2SiZr. The third-order valence-corrected chi connectivity index (χ3v) is 17.3. The van der Waals surface area contributed by atoms with Crippen molar-refractivity contribution in [3.05, 3.63) is 220 Å². The van der Waals surface area contributed by atoms with Gasteiger partial charge in [0, 0.05) is 41.0 Å². The topological polar surface area (TPSA) is 9.86 Å². The second-order valence-electron chi connectivity index (χ2n) is 17.4. The molecule has 0 saturated carbocycles. The number of fused-ring (bicyclic) bond motifs is 8. The maximum absolute atomic E-state index is 2.57. The Morgan fingerprint density at radius 3 is 1.16 bits per heavy atom. The molecule has 0 aliphatic heterocycles. The van der Waals surface area contributed by atoms with Crippen molar-refractivity contribution < 1.29 is 26.2 Å². The Morgan fingerprint density at radius 1 is 0.359 bits per heavy atom. The predicted octanol–water partition coefficient (Wildman–Crippen LogP) is 15.3. The molecule has 2 aromatic heterocycles. The molecule has 0 atom stereocenters. The largest absolute Gasteiger partial charge is 4.00 e. The number of nitrogens with zero attached hydrogens (tertiary/aromatic N) is 2. The van der Waals surface area contributed by atoms with Crippen LogP contribution in [0.1, 0.15) is 11.1 Å². The van der Waals surface area contributed by atoms with Crippen LogP contribution < -0.4 is 10.4 Å². The molecule has 0 aliphatic carbocycles. The third kappa shape index (κ3) is 6.37. The summed E-state index contributed by atoms with van der Waals surface area (Å²) >= 11 is 0. The van der Waals surface area contributed by atoms with Gasteiger partial charge in [-0.3, -0.25) is 0 Å². The van der Waals surface area contributed by atoms with Gasteiger partial charge in [0.1, 0.15) is 0 Å². The first-order valence-corrected chi connectivity index (χ1v) is 24.4. The number of para-hydroxylation sites is 4. The number of rotatable bonds is 6. The van der Waals surface area contributed by atoms with Gasteiger partial charge in [-0.15, -0.1) is 67.3 Å². The number of benzene rings is 8. The normalized spacial score (nSPS) is 11.7. The van der Waals surface area contributed by atoms with Crippen molar-refractivity contribution in [2.75, 3.05) is 0 Å². The van der Waals surface area contributed by atoms with Crippen molar-refractivity contribution in [2.24, 2.45) is 0 Å². The maximum atomic E-state index is 2.57. The summed E-state index contributed by atoms with van der Waals surface area (Å²) in [5, 5.41) is 13.7. The fraction of sp³-hybridized carbons (Fsp3) is 0.0667. The van der Waals surface area contributed by atoms with E-state index in [4.69, 9.17) is 0 Å². The smallest absolute Gasteiger partial charge is 0.358 e. The molecule has 0 spiro atoms. The first kappa shape index (κ1) is 43.0. The number of aromatic nitrogens is 2. The monoisotopic (exact) mass is 916 g/mol. The molecule has 4 heteroatoms. The zero-order valence-corrected chi connectivity index (χ0v) is 40.8. The SMILES string of the molecule is Cc1cc2c(-c3ccc4c(c3)c3ccccc3n4-c3ccccc3)cccc2[c-]1[Si](C)(C)[c-]1c(C)cc2c(-c3ccc4c(c3)c3ccccc3n4-c3ccccc3)cccc21.[CH3-].[CH3-].[Zr+4]. The van der Waals surface area contributed by atoms with Crippen molar-refractivity contribution in [3.8, 4) is 33.6 Å². The molecule has 308 valence electrons. The van der Waals surface area contributed by atoms with Crippen LogP contribution in [0.25, 0.3) is 98.8 Å². The first-order valence-electron chi connectivity index (χ1n) is 21.4. The van der Waals surface area contributed by atoms with E-state index in [1.165, 1.54) is 110 Å². The van der Waals surface area contributed by atoms with Gasteiger partial charge >= 0.3 is 26.2 Å². The Kier molecular flexibility index (Phi) is 11.0. The van der Waals surface area contributed by atoms with Gasteiger partial charge in [0.15, 0.2) is 0 Å². The van der Waals surface area contributed by atoms with Crippen LogP contribution in [0.4, 0.5) is 0 Å². The van der Waals surface area contributed by atoms with Crippen LogP contribution in [-0.2, 0) is 26.2 Å². The second kappa shape index (κ2) is 16.3. The molecule has 0 fully saturated rings. The Bertz CT molecular complexity index is 3450. The summed E-state index contributed by atoms with van der Waals surface area (Å²) in [6.45, 7) is 9.84. The molecule has 0 radical (unpaired) electrons. The molecule has 12 rings (SSSR count). The summed E-state index contributed by atoms with van der Waals surface area (Å²) in [5.41, 5.74) is 15.2. The van der Waals surface area contributed by atoms with Crippen LogP contribution in [-0.4, -0.2) is 17.2 Å². The Morgan fingerprint density at radius 2 is 0.734 bits per heavy atom. The molecule has 0 unspecified atom stereocenters. The van der Waals surface area contributed by atoms with Gasteiger partial charge in [-0.1, -0.05) is 135 Å². The predicted molar refractivity (Wildman–Crippen MR) is 278 cm³/mol. The van der Waals surface area contributed by atoms with Crippen LogP contribution >= 0.6 is 0 Å². The van der Waals surface area contributed by atoms with Gasteiger partial charge in [0.05, 0.1) is 22.1 Å². The molecule has 64 heavy (non-hydrogen) atoms. The van der Waals surface area contributed by atoms with Crippen LogP contribution in [0.5, 0.6) is 0 Å². The van der Waals surface area contributed by atoms with Crippen LogP contribution in [0, 0.1) is 28.7 Å². The van der Waals surface area contributed by atoms with E-state index in [1.54, 1.807) is 10.4 Å². The van der Waals surface area contributed by atoms with E-state index in [1.807, 2.05) is 0 Å². The molecular weight excluding hydrogens is 868 g/mol. The minimum absolute atomic E-state index is 0. The summed E-state index contributed by atoms with van der Waals surface area (Å²) < 4.78 is 4.79. The Labute approximate surface area is 396 Å². The first-order chi connectivity index (χ1) is 29.9. The Hall–Kier alpha value is -6.32. The second-order valence-corrected chi connectivity index (χ2v) is 21.7. The maximum Gasteiger partial charge on any atom is 4.00 e. The van der Waals surface area contributed by atoms with Crippen molar-refractivity contribution >= 4 is 83.6 Å². The standard InChI is InChI=1S/C58H44N2Si.2CH3.Zr/c1-37-33-49-43(39-29-31-55-51(35-39)45-21-11-13-27-53(45)59(55)41-17-7-5-8-18-41)23-15-25-47(49)57(37)61(3,4)58-38(2)34-50-44(24-16-26-48(50)58)40-30-32-56-52(36-40)46-22-12-14-28-54(46)60(56)42-19-9-6-10-20-42;;;/h5-36H,1-4H3;2*1H3;/q-2;2*-1;+4. The zero-order chi connectivity index (χ0) is 41.0. The van der Waals surface area contributed by atoms with Crippen LogP contribution in [0.2, 0.25) is 13.1 Å². The number of aryl methyl sites for hydroxylation is 2. The average molecular weight is 918 g/mol. The molecule has 0 bridgehead atoms. The quantitative estimate of drug-likeness (QED) is 0.116. The molecule has 0 amide bonds.